The summed E-state index contributed by atoms with van der Waals surface area (Å²) in [6.45, 7) is 0. The highest BCUT2D eigenvalue weighted by atomic mass is 16.3. The zero-order chi connectivity index (χ0) is 14.0. The van der Waals surface area contributed by atoms with Crippen LogP contribution in [0.4, 0.5) is 0 Å². The van der Waals surface area contributed by atoms with Crippen LogP contribution in [0.25, 0.3) is 0 Å². The van der Waals surface area contributed by atoms with E-state index in [2.05, 4.69) is 12.1 Å². The Morgan fingerprint density at radius 3 is 2.20 bits per heavy atom. The van der Waals surface area contributed by atoms with Gasteiger partial charge in [-0.2, -0.15) is 0 Å². The van der Waals surface area contributed by atoms with Crippen molar-refractivity contribution < 1.29 is 9.90 Å². The van der Waals surface area contributed by atoms with Crippen LogP contribution in [-0.4, -0.2) is 10.9 Å². The average Bonchev–Trinajstić information content (AvgIpc) is 2.41. The minimum atomic E-state index is -0.279. The molecule has 102 valence electrons. The first-order valence-electron chi connectivity index (χ1n) is 7.07. The Balaban J connectivity index is 1.83. The molecule has 2 aromatic rings. The van der Waals surface area contributed by atoms with Crippen molar-refractivity contribution in [3.8, 4) is 5.75 Å². The van der Waals surface area contributed by atoms with Crippen molar-refractivity contribution in [3.63, 3.8) is 0 Å². The molecule has 0 bridgehead atoms. The van der Waals surface area contributed by atoms with E-state index in [9.17, 15) is 9.90 Å². The molecule has 3 rings (SSSR count). The van der Waals surface area contributed by atoms with E-state index in [1.807, 2.05) is 30.3 Å². The summed E-state index contributed by atoms with van der Waals surface area (Å²) in [4.78, 5) is 12.7. The summed E-state index contributed by atoms with van der Waals surface area (Å²) in [5.74, 6) is 0.531. The molecule has 0 heterocycles. The minimum absolute atomic E-state index is 0.239. The fourth-order valence-corrected chi connectivity index (χ4v) is 2.98. The van der Waals surface area contributed by atoms with Gasteiger partial charge in [0.1, 0.15) is 11.5 Å². The van der Waals surface area contributed by atoms with Crippen LogP contribution in [0, 0.1) is 0 Å². The van der Waals surface area contributed by atoms with Crippen molar-refractivity contribution in [3.05, 3.63) is 65.7 Å². The summed E-state index contributed by atoms with van der Waals surface area (Å²) in [6, 6.07) is 17.0. The fourth-order valence-electron chi connectivity index (χ4n) is 2.98. The van der Waals surface area contributed by atoms with Crippen LogP contribution in [-0.2, 0) is 16.6 Å². The van der Waals surface area contributed by atoms with Crippen LogP contribution in [0.2, 0.25) is 0 Å². The van der Waals surface area contributed by atoms with Crippen LogP contribution in [0.5, 0.6) is 5.75 Å². The Hall–Kier alpha value is -2.09. The molecule has 0 saturated heterocycles. The average molecular weight is 266 g/mol. The lowest BCUT2D eigenvalue weighted by Gasteiger charge is -2.41. The number of ketones is 1. The smallest absolute Gasteiger partial charge is 0.147 e. The Kier molecular flexibility index (Phi) is 3.31. The van der Waals surface area contributed by atoms with Gasteiger partial charge in [0.15, 0.2) is 0 Å². The van der Waals surface area contributed by atoms with E-state index >= 15 is 0 Å². The topological polar surface area (TPSA) is 37.3 Å². The summed E-state index contributed by atoms with van der Waals surface area (Å²) >= 11 is 0. The predicted molar refractivity (Wildman–Crippen MR) is 78.8 cm³/mol. The van der Waals surface area contributed by atoms with E-state index in [1.54, 1.807) is 12.1 Å². The lowest BCUT2D eigenvalue weighted by molar-refractivity contribution is -0.127. The van der Waals surface area contributed by atoms with Crippen molar-refractivity contribution >= 4 is 5.78 Å². The summed E-state index contributed by atoms with van der Waals surface area (Å²) < 4.78 is 0. The number of benzene rings is 2. The van der Waals surface area contributed by atoms with Crippen molar-refractivity contribution in [2.75, 3.05) is 0 Å². The van der Waals surface area contributed by atoms with Gasteiger partial charge in [-0.25, -0.2) is 0 Å². The molecule has 0 amide bonds. The summed E-state index contributed by atoms with van der Waals surface area (Å²) in [6.07, 6.45) is 3.47. The van der Waals surface area contributed by atoms with Gasteiger partial charge in [-0.15, -0.1) is 0 Å². The van der Waals surface area contributed by atoms with Gasteiger partial charge in [0, 0.05) is 6.42 Å². The third-order valence-corrected chi connectivity index (χ3v) is 4.37. The predicted octanol–water partition coefficient (Wildman–Crippen LogP) is 3.63. The van der Waals surface area contributed by atoms with Gasteiger partial charge in [-0.1, -0.05) is 48.9 Å². The highest BCUT2D eigenvalue weighted by molar-refractivity contribution is 5.92. The molecule has 2 nitrogen and oxygen atoms in total. The number of hydrogen-bond donors (Lipinski definition) is 1. The number of carbonyl (C=O) groups excluding carboxylic acids is 1. The van der Waals surface area contributed by atoms with Crippen molar-refractivity contribution in [2.45, 2.75) is 31.1 Å². The molecule has 1 aliphatic carbocycles. The quantitative estimate of drug-likeness (QED) is 0.917. The zero-order valence-corrected chi connectivity index (χ0v) is 11.4. The van der Waals surface area contributed by atoms with E-state index in [0.717, 1.165) is 30.4 Å². The standard InChI is InChI=1S/C18H18O2/c19-16-9-7-14(8-10-16)13-17(20)18(11-4-12-18)15-5-2-1-3-6-15/h1-3,5-10,19H,4,11-13H2. The maximum atomic E-state index is 12.7. The first-order valence-corrected chi connectivity index (χ1v) is 7.07. The second-order valence-electron chi connectivity index (χ2n) is 5.57. The maximum absolute atomic E-state index is 12.7. The molecule has 1 fully saturated rings. The summed E-state index contributed by atoms with van der Waals surface area (Å²) in [5.41, 5.74) is 1.84. The van der Waals surface area contributed by atoms with E-state index in [0.29, 0.717) is 12.2 Å². The third-order valence-electron chi connectivity index (χ3n) is 4.37. The van der Waals surface area contributed by atoms with E-state index in [4.69, 9.17) is 0 Å². The number of hydrogen-bond acceptors (Lipinski definition) is 2. The Morgan fingerprint density at radius 1 is 1.00 bits per heavy atom. The van der Waals surface area contributed by atoms with Crippen LogP contribution >= 0.6 is 0 Å². The molecule has 2 aromatic carbocycles. The number of phenols is 1. The van der Waals surface area contributed by atoms with Gasteiger partial charge < -0.3 is 5.11 Å². The molecule has 20 heavy (non-hydrogen) atoms. The number of carbonyl (C=O) groups is 1. The molecule has 0 aliphatic heterocycles. The van der Waals surface area contributed by atoms with Gasteiger partial charge in [0.05, 0.1) is 5.41 Å². The van der Waals surface area contributed by atoms with Crippen molar-refractivity contribution in [1.29, 1.82) is 0 Å². The first-order chi connectivity index (χ1) is 9.71. The molecule has 0 unspecified atom stereocenters. The SMILES string of the molecule is O=C(Cc1ccc(O)cc1)C1(c2ccccc2)CCC1. The lowest BCUT2D eigenvalue weighted by Crippen LogP contribution is -2.43. The van der Waals surface area contributed by atoms with Crippen LogP contribution in [0.1, 0.15) is 30.4 Å². The zero-order valence-electron chi connectivity index (χ0n) is 11.4. The van der Waals surface area contributed by atoms with E-state index < -0.39 is 0 Å². The van der Waals surface area contributed by atoms with Gasteiger partial charge in [0.25, 0.3) is 0 Å². The minimum Gasteiger partial charge on any atom is -0.508 e. The van der Waals surface area contributed by atoms with Gasteiger partial charge in [0.2, 0.25) is 0 Å². The monoisotopic (exact) mass is 266 g/mol. The molecule has 0 spiro atoms. The summed E-state index contributed by atoms with van der Waals surface area (Å²) in [5, 5.41) is 9.30. The normalized spacial score (nSPS) is 16.4. The number of Topliss-reactive ketones (excluding diaryl/α,β-unsaturated/α-hetero) is 1. The molecule has 1 aliphatic rings. The molecular formula is C18H18O2. The lowest BCUT2D eigenvalue weighted by atomic mass is 9.61. The molecular weight excluding hydrogens is 248 g/mol. The van der Waals surface area contributed by atoms with Crippen molar-refractivity contribution in [1.82, 2.24) is 0 Å². The Labute approximate surface area is 119 Å². The molecule has 1 N–H and O–H groups in total. The number of rotatable bonds is 4. The van der Waals surface area contributed by atoms with Crippen LogP contribution < -0.4 is 0 Å². The fraction of sp³-hybridized carbons (Fsp3) is 0.278. The maximum Gasteiger partial charge on any atom is 0.147 e. The van der Waals surface area contributed by atoms with Crippen molar-refractivity contribution in [2.24, 2.45) is 0 Å². The van der Waals surface area contributed by atoms with Gasteiger partial charge >= 0.3 is 0 Å². The second-order valence-corrected chi connectivity index (χ2v) is 5.57. The molecule has 2 heteroatoms. The van der Waals surface area contributed by atoms with Crippen LogP contribution in [0.15, 0.2) is 54.6 Å². The summed E-state index contributed by atoms with van der Waals surface area (Å²) in [7, 11) is 0. The highest BCUT2D eigenvalue weighted by Crippen LogP contribution is 2.45. The molecule has 0 atom stereocenters. The molecule has 0 radical (unpaired) electrons. The first kappa shape index (κ1) is 12.9. The second kappa shape index (κ2) is 5.12. The Bertz CT molecular complexity index is 595. The molecule has 0 aromatic heterocycles. The third kappa shape index (κ3) is 2.22. The van der Waals surface area contributed by atoms with E-state index in [-0.39, 0.29) is 11.2 Å². The molecule has 1 saturated carbocycles. The largest absolute Gasteiger partial charge is 0.508 e. The van der Waals surface area contributed by atoms with Gasteiger partial charge in [-0.05, 0) is 36.1 Å². The number of aromatic hydroxyl groups is 1. The van der Waals surface area contributed by atoms with Gasteiger partial charge in [-0.3, -0.25) is 4.79 Å². The Morgan fingerprint density at radius 2 is 1.65 bits per heavy atom. The highest BCUT2D eigenvalue weighted by Gasteiger charge is 2.44. The van der Waals surface area contributed by atoms with Crippen LogP contribution in [0.3, 0.4) is 0 Å². The number of phenolic OH excluding ortho intramolecular Hbond substituents is 1. The van der Waals surface area contributed by atoms with E-state index in [1.165, 1.54) is 0 Å².